The number of rotatable bonds is 7. The summed E-state index contributed by atoms with van der Waals surface area (Å²) < 4.78 is 0. The fourth-order valence-electron chi connectivity index (χ4n) is 4.17. The summed E-state index contributed by atoms with van der Waals surface area (Å²) >= 11 is 0. The van der Waals surface area contributed by atoms with Crippen molar-refractivity contribution in [2.75, 3.05) is 19.6 Å². The number of likely N-dealkylation sites (N-methyl/N-ethyl adjacent to an activating group) is 1. The SMILES string of the molecule is CCN(CC(=O)O)C1CC(NC(=O)N2CCCCCC2CC(C)C)C1. The number of carboxylic acids is 1. The predicted molar refractivity (Wildman–Crippen MR) is 98.6 cm³/mol. The standard InChI is InChI=1S/C19H35N3O3/c1-4-21(13-18(23)24)17-11-15(12-17)20-19(25)22-9-7-5-6-8-16(22)10-14(2)3/h14-17H,4-13H2,1-3H3,(H,20,25)(H,23,24). The first-order valence-corrected chi connectivity index (χ1v) is 9.93. The van der Waals surface area contributed by atoms with Gasteiger partial charge in [0.25, 0.3) is 0 Å². The molecule has 2 aliphatic rings. The van der Waals surface area contributed by atoms with Gasteiger partial charge in [-0.25, -0.2) is 4.79 Å². The maximum absolute atomic E-state index is 12.8. The van der Waals surface area contributed by atoms with Crippen LogP contribution in [0.3, 0.4) is 0 Å². The second kappa shape index (κ2) is 9.41. The van der Waals surface area contributed by atoms with Crippen molar-refractivity contribution in [3.8, 4) is 0 Å². The highest BCUT2D eigenvalue weighted by Crippen LogP contribution is 2.27. The van der Waals surface area contributed by atoms with Crippen molar-refractivity contribution < 1.29 is 14.7 Å². The van der Waals surface area contributed by atoms with E-state index in [1.54, 1.807) is 0 Å². The van der Waals surface area contributed by atoms with E-state index in [0.29, 0.717) is 12.0 Å². The molecular weight excluding hydrogens is 318 g/mol. The van der Waals surface area contributed by atoms with Gasteiger partial charge in [-0.2, -0.15) is 0 Å². The Kier molecular flexibility index (Phi) is 7.54. The molecule has 6 heteroatoms. The van der Waals surface area contributed by atoms with Crippen LogP contribution in [0.5, 0.6) is 0 Å². The Bertz CT molecular complexity index is 449. The van der Waals surface area contributed by atoms with Crippen LogP contribution in [0, 0.1) is 5.92 Å². The molecule has 1 atom stereocenters. The van der Waals surface area contributed by atoms with Gasteiger partial charge in [0.1, 0.15) is 0 Å². The van der Waals surface area contributed by atoms with Crippen LogP contribution in [0.1, 0.15) is 65.7 Å². The van der Waals surface area contributed by atoms with Crippen molar-refractivity contribution >= 4 is 12.0 Å². The van der Waals surface area contributed by atoms with E-state index < -0.39 is 5.97 Å². The third-order valence-electron chi connectivity index (χ3n) is 5.58. The van der Waals surface area contributed by atoms with E-state index in [9.17, 15) is 9.59 Å². The number of carbonyl (C=O) groups excluding carboxylic acids is 1. The molecule has 0 spiro atoms. The summed E-state index contributed by atoms with van der Waals surface area (Å²) in [4.78, 5) is 27.7. The zero-order valence-electron chi connectivity index (χ0n) is 16.0. The van der Waals surface area contributed by atoms with Crippen molar-refractivity contribution in [2.24, 2.45) is 5.92 Å². The van der Waals surface area contributed by atoms with E-state index >= 15 is 0 Å². The normalized spacial score (nSPS) is 27.1. The number of aliphatic carboxylic acids is 1. The number of carboxylic acid groups (broad SMARTS) is 1. The summed E-state index contributed by atoms with van der Waals surface area (Å²) in [6, 6.07) is 0.903. The summed E-state index contributed by atoms with van der Waals surface area (Å²) in [6.07, 6.45) is 7.42. The van der Waals surface area contributed by atoms with Gasteiger partial charge >= 0.3 is 12.0 Å². The van der Waals surface area contributed by atoms with Gasteiger partial charge in [-0.1, -0.05) is 33.6 Å². The Balaban J connectivity index is 1.83. The van der Waals surface area contributed by atoms with Gasteiger partial charge in [0.15, 0.2) is 0 Å². The highest BCUT2D eigenvalue weighted by molar-refractivity contribution is 5.75. The lowest BCUT2D eigenvalue weighted by Crippen LogP contribution is -2.58. The van der Waals surface area contributed by atoms with E-state index in [1.165, 1.54) is 12.8 Å². The molecule has 2 amide bonds. The minimum atomic E-state index is -0.782. The molecule has 1 aliphatic carbocycles. The second-order valence-electron chi connectivity index (χ2n) is 8.05. The lowest BCUT2D eigenvalue weighted by molar-refractivity contribution is -0.139. The van der Waals surface area contributed by atoms with E-state index in [0.717, 1.165) is 45.2 Å². The molecule has 1 saturated carbocycles. The van der Waals surface area contributed by atoms with Gasteiger partial charge in [0.2, 0.25) is 0 Å². The monoisotopic (exact) mass is 353 g/mol. The molecule has 1 unspecified atom stereocenters. The van der Waals surface area contributed by atoms with Crippen LogP contribution in [-0.2, 0) is 4.79 Å². The summed E-state index contributed by atoms with van der Waals surface area (Å²) in [6.45, 7) is 8.12. The van der Waals surface area contributed by atoms with Gasteiger partial charge in [0.05, 0.1) is 6.54 Å². The Hall–Kier alpha value is -1.30. The highest BCUT2D eigenvalue weighted by atomic mass is 16.4. The first-order valence-electron chi connectivity index (χ1n) is 9.93. The van der Waals surface area contributed by atoms with Crippen molar-refractivity contribution in [3.05, 3.63) is 0 Å². The number of nitrogens with one attached hydrogen (secondary N) is 1. The van der Waals surface area contributed by atoms with E-state index in [-0.39, 0.29) is 24.7 Å². The van der Waals surface area contributed by atoms with Gasteiger partial charge < -0.3 is 15.3 Å². The lowest BCUT2D eigenvalue weighted by Gasteiger charge is -2.43. The number of carbonyl (C=O) groups is 2. The maximum atomic E-state index is 12.8. The average molecular weight is 354 g/mol. The summed E-state index contributed by atoms with van der Waals surface area (Å²) in [5.41, 5.74) is 0. The number of likely N-dealkylation sites (tertiary alicyclic amines) is 1. The summed E-state index contributed by atoms with van der Waals surface area (Å²) in [5, 5.41) is 12.2. The average Bonchev–Trinajstić information content (AvgIpc) is 2.73. The van der Waals surface area contributed by atoms with E-state index in [4.69, 9.17) is 5.11 Å². The Morgan fingerprint density at radius 3 is 2.56 bits per heavy atom. The zero-order chi connectivity index (χ0) is 18.4. The van der Waals surface area contributed by atoms with Crippen LogP contribution in [0.15, 0.2) is 0 Å². The van der Waals surface area contributed by atoms with Gasteiger partial charge in [-0.15, -0.1) is 0 Å². The maximum Gasteiger partial charge on any atom is 0.317 e. The molecule has 2 rings (SSSR count). The van der Waals surface area contributed by atoms with Crippen molar-refractivity contribution in [1.82, 2.24) is 15.1 Å². The topological polar surface area (TPSA) is 72.9 Å². The van der Waals surface area contributed by atoms with Crippen molar-refractivity contribution in [2.45, 2.75) is 83.8 Å². The number of amides is 2. The number of nitrogens with zero attached hydrogens (tertiary/aromatic N) is 2. The van der Waals surface area contributed by atoms with Crippen LogP contribution in [0.2, 0.25) is 0 Å². The molecule has 0 bridgehead atoms. The molecule has 0 radical (unpaired) electrons. The Labute approximate surface area is 151 Å². The number of urea groups is 1. The minimum Gasteiger partial charge on any atom is -0.480 e. The van der Waals surface area contributed by atoms with Gasteiger partial charge in [-0.05, 0) is 44.6 Å². The van der Waals surface area contributed by atoms with Gasteiger partial charge in [-0.3, -0.25) is 9.69 Å². The summed E-state index contributed by atoms with van der Waals surface area (Å²) in [7, 11) is 0. The molecule has 25 heavy (non-hydrogen) atoms. The number of hydrogen-bond acceptors (Lipinski definition) is 3. The van der Waals surface area contributed by atoms with E-state index in [2.05, 4.69) is 24.1 Å². The fraction of sp³-hybridized carbons (Fsp3) is 0.895. The molecule has 0 aromatic carbocycles. The third kappa shape index (κ3) is 5.87. The fourth-order valence-corrected chi connectivity index (χ4v) is 4.17. The Morgan fingerprint density at radius 1 is 1.24 bits per heavy atom. The minimum absolute atomic E-state index is 0.0808. The first-order chi connectivity index (χ1) is 11.9. The third-order valence-corrected chi connectivity index (χ3v) is 5.58. The first kappa shape index (κ1) is 20.0. The van der Waals surface area contributed by atoms with Gasteiger partial charge in [0, 0.05) is 24.7 Å². The van der Waals surface area contributed by atoms with Crippen LogP contribution in [0.25, 0.3) is 0 Å². The molecular formula is C19H35N3O3. The molecule has 0 aromatic rings. The number of hydrogen-bond donors (Lipinski definition) is 2. The predicted octanol–water partition coefficient (Wildman–Crippen LogP) is 2.92. The van der Waals surface area contributed by atoms with Crippen LogP contribution >= 0.6 is 0 Å². The van der Waals surface area contributed by atoms with Crippen LogP contribution in [-0.4, -0.2) is 64.7 Å². The summed E-state index contributed by atoms with van der Waals surface area (Å²) in [5.74, 6) is -0.184. The quantitative estimate of drug-likeness (QED) is 0.738. The molecule has 1 saturated heterocycles. The largest absolute Gasteiger partial charge is 0.480 e. The van der Waals surface area contributed by atoms with Crippen molar-refractivity contribution in [3.63, 3.8) is 0 Å². The second-order valence-corrected chi connectivity index (χ2v) is 8.05. The highest BCUT2D eigenvalue weighted by Gasteiger charge is 2.36. The zero-order valence-corrected chi connectivity index (χ0v) is 16.0. The van der Waals surface area contributed by atoms with Crippen molar-refractivity contribution in [1.29, 1.82) is 0 Å². The molecule has 0 aromatic heterocycles. The molecule has 1 heterocycles. The van der Waals surface area contributed by atoms with Crippen LogP contribution in [0.4, 0.5) is 4.79 Å². The lowest BCUT2D eigenvalue weighted by atomic mass is 9.85. The molecule has 2 N–H and O–H groups in total. The molecule has 2 fully saturated rings. The smallest absolute Gasteiger partial charge is 0.317 e. The molecule has 6 nitrogen and oxygen atoms in total. The Morgan fingerprint density at radius 2 is 1.96 bits per heavy atom. The molecule has 144 valence electrons. The van der Waals surface area contributed by atoms with E-state index in [1.807, 2.05) is 11.8 Å². The van der Waals surface area contributed by atoms with Crippen LogP contribution < -0.4 is 5.32 Å². The molecule has 1 aliphatic heterocycles.